The van der Waals surface area contributed by atoms with Gasteiger partial charge in [0.05, 0.1) is 6.04 Å². The number of nitrogens with zero attached hydrogens (tertiary/aromatic N) is 3. The van der Waals surface area contributed by atoms with Gasteiger partial charge in [-0.05, 0) is 18.4 Å². The Bertz CT molecular complexity index is 466. The molecular formula is C14H25N5O. The van der Waals surface area contributed by atoms with E-state index < -0.39 is 0 Å². The smallest absolute Gasteiger partial charge is 0.237 e. The highest BCUT2D eigenvalue weighted by Crippen LogP contribution is 2.29. The average molecular weight is 279 g/mol. The van der Waals surface area contributed by atoms with Gasteiger partial charge in [-0.2, -0.15) is 0 Å². The summed E-state index contributed by atoms with van der Waals surface area (Å²) in [6.07, 6.45) is 2.76. The average Bonchev–Trinajstić information content (AvgIpc) is 2.95. The lowest BCUT2D eigenvalue weighted by Gasteiger charge is -2.25. The second-order valence-corrected chi connectivity index (χ2v) is 6.45. The van der Waals surface area contributed by atoms with Crippen molar-refractivity contribution in [3.63, 3.8) is 0 Å². The molecule has 0 aromatic carbocycles. The molecule has 6 heteroatoms. The van der Waals surface area contributed by atoms with Gasteiger partial charge in [0, 0.05) is 19.0 Å². The summed E-state index contributed by atoms with van der Waals surface area (Å²) in [7, 11) is 0. The van der Waals surface area contributed by atoms with E-state index in [-0.39, 0.29) is 17.4 Å². The van der Waals surface area contributed by atoms with Crippen LogP contribution in [-0.4, -0.2) is 39.8 Å². The van der Waals surface area contributed by atoms with Crippen LogP contribution in [0.4, 0.5) is 0 Å². The molecule has 20 heavy (non-hydrogen) atoms. The SMILES string of the molecule is CC(C)c1nncn1CCNC(=O)C1NCCC1(C)C. The quantitative estimate of drug-likeness (QED) is 0.840. The van der Waals surface area contributed by atoms with Crippen LogP contribution in [0, 0.1) is 5.41 Å². The van der Waals surface area contributed by atoms with Crippen LogP contribution < -0.4 is 10.6 Å². The summed E-state index contributed by atoms with van der Waals surface area (Å²) >= 11 is 0. The van der Waals surface area contributed by atoms with Gasteiger partial charge in [0.15, 0.2) is 0 Å². The fourth-order valence-corrected chi connectivity index (χ4v) is 2.69. The number of hydrogen-bond acceptors (Lipinski definition) is 4. The minimum Gasteiger partial charge on any atom is -0.353 e. The molecule has 2 rings (SSSR count). The lowest BCUT2D eigenvalue weighted by molar-refractivity contribution is -0.124. The molecule has 2 heterocycles. The maximum atomic E-state index is 12.2. The minimum absolute atomic E-state index is 0.0315. The van der Waals surface area contributed by atoms with E-state index >= 15 is 0 Å². The number of nitrogens with one attached hydrogen (secondary N) is 2. The maximum absolute atomic E-state index is 12.2. The molecule has 1 atom stereocenters. The zero-order valence-corrected chi connectivity index (χ0v) is 12.8. The highest BCUT2D eigenvalue weighted by atomic mass is 16.2. The molecule has 1 aliphatic heterocycles. The summed E-state index contributed by atoms with van der Waals surface area (Å²) in [5.74, 6) is 1.38. The highest BCUT2D eigenvalue weighted by molar-refractivity contribution is 5.83. The van der Waals surface area contributed by atoms with Crippen molar-refractivity contribution in [2.45, 2.75) is 52.6 Å². The predicted octanol–water partition coefficient (Wildman–Crippen LogP) is 0.906. The first kappa shape index (κ1) is 15.0. The standard InChI is InChI=1S/C14H25N5O/c1-10(2)12-18-17-9-19(12)8-7-16-13(20)11-14(3,4)5-6-15-11/h9-11,15H,5-8H2,1-4H3,(H,16,20). The Morgan fingerprint density at radius 2 is 2.35 bits per heavy atom. The first-order valence-corrected chi connectivity index (χ1v) is 7.30. The second kappa shape index (κ2) is 5.91. The van der Waals surface area contributed by atoms with E-state index in [1.165, 1.54) is 0 Å². The van der Waals surface area contributed by atoms with Gasteiger partial charge in [-0.15, -0.1) is 10.2 Å². The van der Waals surface area contributed by atoms with Gasteiger partial charge in [0.25, 0.3) is 0 Å². The second-order valence-electron chi connectivity index (χ2n) is 6.45. The van der Waals surface area contributed by atoms with Crippen LogP contribution in [0.2, 0.25) is 0 Å². The highest BCUT2D eigenvalue weighted by Gasteiger charge is 2.38. The molecule has 1 amide bonds. The topological polar surface area (TPSA) is 71.8 Å². The van der Waals surface area contributed by atoms with Crippen molar-refractivity contribution in [2.24, 2.45) is 5.41 Å². The molecule has 0 spiro atoms. The van der Waals surface area contributed by atoms with E-state index in [1.807, 2.05) is 4.57 Å². The number of aromatic nitrogens is 3. The molecule has 1 aromatic rings. The Hall–Kier alpha value is -1.43. The van der Waals surface area contributed by atoms with Gasteiger partial charge in [0.1, 0.15) is 12.2 Å². The molecule has 1 aliphatic rings. The van der Waals surface area contributed by atoms with E-state index in [0.717, 1.165) is 18.8 Å². The van der Waals surface area contributed by atoms with E-state index in [0.29, 0.717) is 19.0 Å². The van der Waals surface area contributed by atoms with E-state index in [1.54, 1.807) is 6.33 Å². The lowest BCUT2D eigenvalue weighted by atomic mass is 9.84. The Kier molecular flexibility index (Phi) is 4.42. The monoisotopic (exact) mass is 279 g/mol. The molecule has 0 bridgehead atoms. The molecule has 112 valence electrons. The Balaban J connectivity index is 1.84. The summed E-state index contributed by atoms with van der Waals surface area (Å²) in [4.78, 5) is 12.2. The van der Waals surface area contributed by atoms with Gasteiger partial charge in [-0.3, -0.25) is 4.79 Å². The van der Waals surface area contributed by atoms with Crippen LogP contribution in [0.15, 0.2) is 6.33 Å². The van der Waals surface area contributed by atoms with Crippen LogP contribution in [0.5, 0.6) is 0 Å². The summed E-state index contributed by atoms with van der Waals surface area (Å²) in [5, 5.41) is 14.3. The third-order valence-electron chi connectivity index (χ3n) is 3.98. The van der Waals surface area contributed by atoms with Crippen molar-refractivity contribution in [1.29, 1.82) is 0 Å². The van der Waals surface area contributed by atoms with Crippen LogP contribution in [0.3, 0.4) is 0 Å². The Morgan fingerprint density at radius 1 is 1.60 bits per heavy atom. The number of carbonyl (C=O) groups excluding carboxylic acids is 1. The van der Waals surface area contributed by atoms with Gasteiger partial charge in [0.2, 0.25) is 5.91 Å². The molecule has 2 N–H and O–H groups in total. The van der Waals surface area contributed by atoms with Crippen molar-refractivity contribution in [3.05, 3.63) is 12.2 Å². The third-order valence-corrected chi connectivity index (χ3v) is 3.98. The molecule has 1 saturated heterocycles. The molecule has 0 aliphatic carbocycles. The van der Waals surface area contributed by atoms with Crippen molar-refractivity contribution in [2.75, 3.05) is 13.1 Å². The zero-order valence-electron chi connectivity index (χ0n) is 12.8. The van der Waals surface area contributed by atoms with Gasteiger partial charge in [-0.1, -0.05) is 27.7 Å². The molecule has 6 nitrogen and oxygen atoms in total. The molecular weight excluding hydrogens is 254 g/mol. The van der Waals surface area contributed by atoms with Crippen LogP contribution in [0.25, 0.3) is 0 Å². The summed E-state index contributed by atoms with van der Waals surface area (Å²) in [6.45, 7) is 10.7. The largest absolute Gasteiger partial charge is 0.353 e. The molecule has 1 unspecified atom stereocenters. The van der Waals surface area contributed by atoms with Crippen molar-refractivity contribution >= 4 is 5.91 Å². The van der Waals surface area contributed by atoms with Crippen LogP contribution >= 0.6 is 0 Å². The lowest BCUT2D eigenvalue weighted by Crippen LogP contribution is -2.47. The van der Waals surface area contributed by atoms with Gasteiger partial charge < -0.3 is 15.2 Å². The molecule has 0 saturated carbocycles. The first-order chi connectivity index (χ1) is 9.42. The summed E-state index contributed by atoms with van der Waals surface area (Å²) in [5.41, 5.74) is 0.0315. The van der Waals surface area contributed by atoms with E-state index in [2.05, 4.69) is 48.5 Å². The predicted molar refractivity (Wildman–Crippen MR) is 77.3 cm³/mol. The molecule has 1 aromatic heterocycles. The number of carbonyl (C=O) groups is 1. The minimum atomic E-state index is -0.0898. The van der Waals surface area contributed by atoms with Crippen molar-refractivity contribution in [3.8, 4) is 0 Å². The van der Waals surface area contributed by atoms with Gasteiger partial charge in [-0.25, -0.2) is 0 Å². The zero-order chi connectivity index (χ0) is 14.8. The van der Waals surface area contributed by atoms with E-state index in [4.69, 9.17) is 0 Å². The summed E-state index contributed by atoms with van der Waals surface area (Å²) in [6, 6.07) is -0.0898. The molecule has 0 radical (unpaired) electrons. The molecule has 1 fully saturated rings. The van der Waals surface area contributed by atoms with Gasteiger partial charge >= 0.3 is 0 Å². The number of hydrogen-bond donors (Lipinski definition) is 2. The fourth-order valence-electron chi connectivity index (χ4n) is 2.69. The number of rotatable bonds is 5. The van der Waals surface area contributed by atoms with Crippen molar-refractivity contribution < 1.29 is 4.79 Å². The van der Waals surface area contributed by atoms with Crippen molar-refractivity contribution in [1.82, 2.24) is 25.4 Å². The summed E-state index contributed by atoms with van der Waals surface area (Å²) < 4.78 is 2.00. The van der Waals surface area contributed by atoms with Crippen LogP contribution in [-0.2, 0) is 11.3 Å². The normalized spacial score (nSPS) is 21.4. The fraction of sp³-hybridized carbons (Fsp3) is 0.786. The van der Waals surface area contributed by atoms with Crippen LogP contribution in [0.1, 0.15) is 45.9 Å². The maximum Gasteiger partial charge on any atom is 0.237 e. The Morgan fingerprint density at radius 3 is 2.95 bits per heavy atom. The Labute approximate surface area is 120 Å². The van der Waals surface area contributed by atoms with E-state index in [9.17, 15) is 4.79 Å². The first-order valence-electron chi connectivity index (χ1n) is 7.30. The third kappa shape index (κ3) is 3.17. The number of amides is 1.